The number of imide groups is 1. The van der Waals surface area contributed by atoms with E-state index in [1.807, 2.05) is 30.3 Å². The molecule has 0 N–H and O–H groups in total. The Morgan fingerprint density at radius 1 is 1.00 bits per heavy atom. The van der Waals surface area contributed by atoms with Crippen molar-refractivity contribution in [2.24, 2.45) is 11.8 Å². The summed E-state index contributed by atoms with van der Waals surface area (Å²) in [6, 6.07) is 9.39. The molecular weight excluding hydrogens is 294 g/mol. The van der Waals surface area contributed by atoms with Crippen LogP contribution in [0.15, 0.2) is 30.3 Å². The van der Waals surface area contributed by atoms with E-state index in [9.17, 15) is 14.4 Å². The van der Waals surface area contributed by atoms with E-state index in [-0.39, 0.29) is 12.5 Å². The molecule has 1 aromatic rings. The van der Waals surface area contributed by atoms with E-state index in [1.54, 1.807) is 0 Å². The number of esters is 1. The zero-order valence-electron chi connectivity index (χ0n) is 12.9. The fraction of sp³-hybridized carbons (Fsp3) is 0.500. The first-order valence-electron chi connectivity index (χ1n) is 8.24. The quantitative estimate of drug-likeness (QED) is 0.476. The van der Waals surface area contributed by atoms with Crippen molar-refractivity contribution >= 4 is 17.8 Å². The van der Waals surface area contributed by atoms with E-state index >= 15 is 0 Å². The van der Waals surface area contributed by atoms with Crippen LogP contribution in [0.1, 0.15) is 37.7 Å². The zero-order chi connectivity index (χ0) is 16.0. The van der Waals surface area contributed by atoms with Gasteiger partial charge in [0.15, 0.2) is 5.92 Å². The maximum Gasteiger partial charge on any atom is 0.320 e. The number of ether oxygens (including phenoxy) is 1. The van der Waals surface area contributed by atoms with E-state index in [1.165, 1.54) is 4.90 Å². The van der Waals surface area contributed by atoms with Crippen LogP contribution in [-0.2, 0) is 25.7 Å². The molecule has 0 radical (unpaired) electrons. The van der Waals surface area contributed by atoms with Crippen LogP contribution in [0.2, 0.25) is 0 Å². The van der Waals surface area contributed by atoms with E-state index in [0.717, 1.165) is 24.8 Å². The number of hydrogen-bond donors (Lipinski definition) is 0. The molecule has 5 nitrogen and oxygen atoms in total. The number of fused-ring (bicyclic) bond motifs is 2. The predicted molar refractivity (Wildman–Crippen MR) is 80.9 cm³/mol. The first kappa shape index (κ1) is 14.4. The Morgan fingerprint density at radius 3 is 2.39 bits per heavy atom. The second-order valence-electron chi connectivity index (χ2n) is 6.75. The molecule has 0 aromatic heterocycles. The lowest BCUT2D eigenvalue weighted by atomic mass is 9.73. The van der Waals surface area contributed by atoms with Crippen molar-refractivity contribution < 1.29 is 19.1 Å². The highest BCUT2D eigenvalue weighted by atomic mass is 16.6. The molecular formula is C18H19NO4. The summed E-state index contributed by atoms with van der Waals surface area (Å²) in [6.45, 7) is 0.231. The molecule has 2 aliphatic heterocycles. The van der Waals surface area contributed by atoms with Crippen LogP contribution in [0.5, 0.6) is 0 Å². The number of rotatable bonds is 2. The lowest BCUT2D eigenvalue weighted by Gasteiger charge is -2.35. The largest absolute Gasteiger partial charge is 0.458 e. The standard InChI is InChI=1S/C18H19NO4/c20-15-13-14(18(23-17(13)22)9-5-2-6-10-18)16(21)19(15)11-12-7-3-1-4-8-12/h1,3-4,7-8,13-14H,2,5-6,9-11H2. The lowest BCUT2D eigenvalue weighted by molar-refractivity contribution is -0.160. The van der Waals surface area contributed by atoms with Gasteiger partial charge in [0.25, 0.3) is 0 Å². The minimum Gasteiger partial charge on any atom is -0.458 e. The van der Waals surface area contributed by atoms with Gasteiger partial charge in [-0.1, -0.05) is 36.8 Å². The van der Waals surface area contributed by atoms with Crippen LogP contribution in [0.25, 0.3) is 0 Å². The van der Waals surface area contributed by atoms with Gasteiger partial charge in [0.2, 0.25) is 11.8 Å². The van der Waals surface area contributed by atoms with E-state index in [2.05, 4.69) is 0 Å². The van der Waals surface area contributed by atoms with Gasteiger partial charge in [-0.05, 0) is 31.2 Å². The van der Waals surface area contributed by atoms with Gasteiger partial charge in [-0.15, -0.1) is 0 Å². The maximum absolute atomic E-state index is 12.9. The van der Waals surface area contributed by atoms with Crippen LogP contribution in [0.4, 0.5) is 0 Å². The number of amides is 2. The topological polar surface area (TPSA) is 63.7 Å². The molecule has 5 heteroatoms. The third kappa shape index (κ3) is 2.10. The minimum atomic E-state index is -0.927. The molecule has 1 saturated carbocycles. The summed E-state index contributed by atoms with van der Waals surface area (Å²) in [4.78, 5) is 39.0. The second kappa shape index (κ2) is 5.18. The summed E-state index contributed by atoms with van der Waals surface area (Å²) < 4.78 is 5.59. The smallest absolute Gasteiger partial charge is 0.320 e. The minimum absolute atomic E-state index is 0.231. The monoisotopic (exact) mass is 313 g/mol. The first-order chi connectivity index (χ1) is 11.1. The third-order valence-electron chi connectivity index (χ3n) is 5.41. The molecule has 1 aliphatic carbocycles. The normalized spacial score (nSPS) is 29.0. The van der Waals surface area contributed by atoms with E-state index in [4.69, 9.17) is 4.74 Å². The van der Waals surface area contributed by atoms with Crippen LogP contribution in [-0.4, -0.2) is 28.3 Å². The Kier molecular flexibility index (Phi) is 3.25. The SMILES string of the molecule is O=C1OC2(CCCCC2)C2C(=O)N(Cc3ccccc3)C(=O)C12. The number of likely N-dealkylation sites (tertiary alicyclic amines) is 1. The molecule has 0 bridgehead atoms. The molecule has 4 rings (SSSR count). The Bertz CT molecular complexity index is 663. The molecule has 23 heavy (non-hydrogen) atoms. The van der Waals surface area contributed by atoms with Crippen molar-refractivity contribution in [3.63, 3.8) is 0 Å². The summed E-state index contributed by atoms with van der Waals surface area (Å²) in [6.07, 6.45) is 4.36. The molecule has 2 unspecified atom stereocenters. The number of hydrogen-bond acceptors (Lipinski definition) is 4. The van der Waals surface area contributed by atoms with Crippen LogP contribution < -0.4 is 0 Å². The highest BCUT2D eigenvalue weighted by Gasteiger charge is 2.67. The van der Waals surface area contributed by atoms with E-state index < -0.39 is 29.3 Å². The fourth-order valence-electron chi connectivity index (χ4n) is 4.31. The molecule has 1 spiro atoms. The van der Waals surface area contributed by atoms with Crippen LogP contribution >= 0.6 is 0 Å². The lowest BCUT2D eigenvalue weighted by Crippen LogP contribution is -2.44. The highest BCUT2D eigenvalue weighted by Crippen LogP contribution is 2.50. The maximum atomic E-state index is 12.9. The van der Waals surface area contributed by atoms with E-state index in [0.29, 0.717) is 12.8 Å². The predicted octanol–water partition coefficient (Wildman–Crippen LogP) is 2.05. The number of benzene rings is 1. The van der Waals surface area contributed by atoms with Crippen LogP contribution in [0, 0.1) is 11.8 Å². The van der Waals surface area contributed by atoms with Gasteiger partial charge in [0.1, 0.15) is 11.5 Å². The number of carbonyl (C=O) groups is 3. The number of carbonyl (C=O) groups excluding carboxylic acids is 3. The molecule has 2 atom stereocenters. The van der Waals surface area contributed by atoms with Crippen molar-refractivity contribution in [1.82, 2.24) is 4.90 Å². The van der Waals surface area contributed by atoms with Gasteiger partial charge in [0, 0.05) is 0 Å². The van der Waals surface area contributed by atoms with Crippen molar-refractivity contribution in [2.75, 3.05) is 0 Å². The zero-order valence-corrected chi connectivity index (χ0v) is 12.9. The second-order valence-corrected chi connectivity index (χ2v) is 6.75. The molecule has 3 fully saturated rings. The van der Waals surface area contributed by atoms with Gasteiger partial charge in [-0.25, -0.2) is 0 Å². The van der Waals surface area contributed by atoms with Crippen molar-refractivity contribution in [1.29, 1.82) is 0 Å². The first-order valence-corrected chi connectivity index (χ1v) is 8.24. The molecule has 2 amide bonds. The Balaban J connectivity index is 1.65. The average Bonchev–Trinajstić information content (AvgIpc) is 2.98. The molecule has 2 heterocycles. The Hall–Kier alpha value is -2.17. The van der Waals surface area contributed by atoms with Gasteiger partial charge in [-0.3, -0.25) is 19.3 Å². The summed E-state index contributed by atoms with van der Waals surface area (Å²) >= 11 is 0. The summed E-state index contributed by atoms with van der Waals surface area (Å²) in [5, 5.41) is 0. The Labute approximate surface area is 134 Å². The summed E-state index contributed by atoms with van der Waals surface area (Å²) in [7, 11) is 0. The fourth-order valence-corrected chi connectivity index (χ4v) is 4.31. The number of nitrogens with zero attached hydrogens (tertiary/aromatic N) is 1. The average molecular weight is 313 g/mol. The van der Waals surface area contributed by atoms with Gasteiger partial charge in [0.05, 0.1) is 6.54 Å². The summed E-state index contributed by atoms with van der Waals surface area (Å²) in [5.41, 5.74) is 0.151. The highest BCUT2D eigenvalue weighted by molar-refractivity contribution is 6.15. The Morgan fingerprint density at radius 2 is 1.70 bits per heavy atom. The van der Waals surface area contributed by atoms with Gasteiger partial charge in [-0.2, -0.15) is 0 Å². The van der Waals surface area contributed by atoms with Gasteiger partial charge >= 0.3 is 5.97 Å². The summed E-state index contributed by atoms with van der Waals surface area (Å²) in [5.74, 6) is -2.69. The molecule has 120 valence electrons. The molecule has 1 aromatic carbocycles. The van der Waals surface area contributed by atoms with Crippen molar-refractivity contribution in [3.05, 3.63) is 35.9 Å². The van der Waals surface area contributed by atoms with Crippen molar-refractivity contribution in [3.8, 4) is 0 Å². The van der Waals surface area contributed by atoms with Gasteiger partial charge < -0.3 is 4.74 Å². The third-order valence-corrected chi connectivity index (χ3v) is 5.41. The molecule has 2 saturated heterocycles. The van der Waals surface area contributed by atoms with Crippen LogP contribution in [0.3, 0.4) is 0 Å². The van der Waals surface area contributed by atoms with Crippen molar-refractivity contribution in [2.45, 2.75) is 44.2 Å². The molecule has 3 aliphatic rings.